The molecule has 29 heavy (non-hydrogen) atoms. The summed E-state index contributed by atoms with van der Waals surface area (Å²) in [4.78, 5) is 25.9. The topological polar surface area (TPSA) is 64.6 Å². The summed E-state index contributed by atoms with van der Waals surface area (Å²) < 4.78 is 11.0. The van der Waals surface area contributed by atoms with E-state index in [1.54, 1.807) is 42.5 Å². The van der Waals surface area contributed by atoms with Crippen molar-refractivity contribution in [1.82, 2.24) is 0 Å². The Morgan fingerprint density at radius 2 is 1.59 bits per heavy atom. The third kappa shape index (κ3) is 4.82. The maximum Gasteiger partial charge on any atom is 0.339 e. The average Bonchev–Trinajstić information content (AvgIpc) is 2.73. The fraction of sp³-hybridized carbons (Fsp3) is 0.167. The van der Waals surface area contributed by atoms with Gasteiger partial charge >= 0.3 is 5.97 Å². The van der Waals surface area contributed by atoms with Gasteiger partial charge in [0.25, 0.3) is 5.91 Å². The number of rotatable bonds is 6. The van der Waals surface area contributed by atoms with Gasteiger partial charge in [-0.25, -0.2) is 4.79 Å². The second-order valence-corrected chi connectivity index (χ2v) is 6.70. The van der Waals surface area contributed by atoms with Crippen LogP contribution < -0.4 is 10.1 Å². The number of hydrogen-bond acceptors (Lipinski definition) is 4. The number of carbonyl (C=O) groups is 2. The lowest BCUT2D eigenvalue weighted by Crippen LogP contribution is -2.26. The van der Waals surface area contributed by atoms with Crippen molar-refractivity contribution in [2.75, 3.05) is 12.4 Å². The first-order valence-electron chi connectivity index (χ1n) is 9.26. The van der Waals surface area contributed by atoms with Crippen molar-refractivity contribution in [1.29, 1.82) is 0 Å². The van der Waals surface area contributed by atoms with Crippen LogP contribution in [0.25, 0.3) is 0 Å². The monoisotopic (exact) mass is 389 g/mol. The Balaban J connectivity index is 1.90. The Morgan fingerprint density at radius 3 is 2.28 bits per heavy atom. The van der Waals surface area contributed by atoms with E-state index >= 15 is 0 Å². The molecule has 0 fully saturated rings. The summed E-state index contributed by atoms with van der Waals surface area (Å²) >= 11 is 0. The van der Waals surface area contributed by atoms with Crippen LogP contribution in [0.15, 0.2) is 72.8 Å². The lowest BCUT2D eigenvalue weighted by atomic mass is 10.1. The van der Waals surface area contributed by atoms with Crippen molar-refractivity contribution in [2.45, 2.75) is 20.0 Å². The van der Waals surface area contributed by atoms with Crippen LogP contribution >= 0.6 is 0 Å². The van der Waals surface area contributed by atoms with E-state index in [-0.39, 0.29) is 0 Å². The molecule has 0 aromatic heterocycles. The molecule has 1 unspecified atom stereocenters. The smallest absolute Gasteiger partial charge is 0.339 e. The Kier molecular flexibility index (Phi) is 6.29. The molecule has 0 aliphatic heterocycles. The van der Waals surface area contributed by atoms with Gasteiger partial charge in [-0.15, -0.1) is 0 Å². The molecule has 0 spiro atoms. The van der Waals surface area contributed by atoms with Crippen LogP contribution in [0, 0.1) is 13.8 Å². The van der Waals surface area contributed by atoms with E-state index in [1.165, 1.54) is 7.11 Å². The fourth-order valence-corrected chi connectivity index (χ4v) is 2.99. The van der Waals surface area contributed by atoms with E-state index in [0.29, 0.717) is 22.6 Å². The largest absolute Gasteiger partial charge is 0.495 e. The Labute approximate surface area is 170 Å². The van der Waals surface area contributed by atoms with Crippen LogP contribution in [0.3, 0.4) is 0 Å². The van der Waals surface area contributed by atoms with Crippen LogP contribution in [0.2, 0.25) is 0 Å². The molecule has 1 N–H and O–H groups in total. The van der Waals surface area contributed by atoms with Crippen LogP contribution in [-0.4, -0.2) is 19.0 Å². The van der Waals surface area contributed by atoms with Crippen molar-refractivity contribution in [3.63, 3.8) is 0 Å². The number of nitrogens with one attached hydrogen (secondary N) is 1. The zero-order valence-electron chi connectivity index (χ0n) is 16.6. The SMILES string of the molecule is COc1ccc(C)cc1NC(=O)C(OC(=O)c1ccccc1C)c1ccccc1. The number of anilines is 1. The number of carbonyl (C=O) groups excluding carboxylic acids is 2. The molecule has 0 heterocycles. The molecule has 0 bridgehead atoms. The molecule has 1 atom stereocenters. The molecule has 1 amide bonds. The highest BCUT2D eigenvalue weighted by Gasteiger charge is 2.27. The first kappa shape index (κ1) is 20.1. The molecule has 148 valence electrons. The van der Waals surface area contributed by atoms with Gasteiger partial charge in [-0.1, -0.05) is 54.6 Å². The number of benzene rings is 3. The van der Waals surface area contributed by atoms with Gasteiger partial charge in [-0.3, -0.25) is 4.79 Å². The highest BCUT2D eigenvalue weighted by Crippen LogP contribution is 2.28. The molecule has 5 heteroatoms. The van der Waals surface area contributed by atoms with Crippen LogP contribution in [-0.2, 0) is 9.53 Å². The van der Waals surface area contributed by atoms with Gasteiger partial charge in [0.1, 0.15) is 5.75 Å². The molecule has 0 saturated heterocycles. The Morgan fingerprint density at radius 1 is 0.897 bits per heavy atom. The maximum atomic E-state index is 13.1. The summed E-state index contributed by atoms with van der Waals surface area (Å²) in [5.41, 5.74) is 3.28. The third-order valence-electron chi connectivity index (χ3n) is 4.54. The van der Waals surface area contributed by atoms with E-state index in [9.17, 15) is 9.59 Å². The van der Waals surface area contributed by atoms with Gasteiger partial charge in [0.2, 0.25) is 6.10 Å². The summed E-state index contributed by atoms with van der Waals surface area (Å²) in [5.74, 6) is -0.480. The summed E-state index contributed by atoms with van der Waals surface area (Å²) in [6, 6.07) is 21.5. The number of amides is 1. The van der Waals surface area contributed by atoms with E-state index in [1.807, 2.05) is 44.2 Å². The number of methoxy groups -OCH3 is 1. The van der Waals surface area contributed by atoms with E-state index in [2.05, 4.69) is 5.32 Å². The molecule has 0 radical (unpaired) electrons. The minimum absolute atomic E-state index is 0.425. The standard InChI is InChI=1S/C24H23NO4/c1-16-13-14-21(28-3)20(15-16)25-23(26)22(18-10-5-4-6-11-18)29-24(27)19-12-8-7-9-17(19)2/h4-15,22H,1-3H3,(H,25,26). The molecular formula is C24H23NO4. The van der Waals surface area contributed by atoms with E-state index in [4.69, 9.17) is 9.47 Å². The third-order valence-corrected chi connectivity index (χ3v) is 4.54. The van der Waals surface area contributed by atoms with Crippen molar-refractivity contribution in [3.05, 3.63) is 95.1 Å². The van der Waals surface area contributed by atoms with Gasteiger partial charge in [0, 0.05) is 5.56 Å². The normalized spacial score (nSPS) is 11.4. The molecule has 5 nitrogen and oxygen atoms in total. The van der Waals surface area contributed by atoms with Crippen LogP contribution in [0.4, 0.5) is 5.69 Å². The first-order chi connectivity index (χ1) is 14.0. The zero-order valence-corrected chi connectivity index (χ0v) is 16.6. The first-order valence-corrected chi connectivity index (χ1v) is 9.26. The summed E-state index contributed by atoms with van der Waals surface area (Å²) in [5, 5.41) is 2.83. The highest BCUT2D eigenvalue weighted by molar-refractivity contribution is 5.99. The highest BCUT2D eigenvalue weighted by atomic mass is 16.5. The second-order valence-electron chi connectivity index (χ2n) is 6.70. The number of ether oxygens (including phenoxy) is 2. The van der Waals surface area contributed by atoms with Crippen LogP contribution in [0.5, 0.6) is 5.75 Å². The zero-order chi connectivity index (χ0) is 20.8. The molecule has 0 saturated carbocycles. The summed E-state index contributed by atoms with van der Waals surface area (Å²) in [6.07, 6.45) is -1.10. The van der Waals surface area contributed by atoms with Crippen molar-refractivity contribution in [3.8, 4) is 5.75 Å². The van der Waals surface area contributed by atoms with Crippen molar-refractivity contribution >= 4 is 17.6 Å². The quantitative estimate of drug-likeness (QED) is 0.612. The fourth-order valence-electron chi connectivity index (χ4n) is 2.99. The maximum absolute atomic E-state index is 13.1. The lowest BCUT2D eigenvalue weighted by molar-refractivity contribution is -0.125. The minimum atomic E-state index is -1.10. The molecule has 3 aromatic carbocycles. The number of esters is 1. The molecule has 0 aliphatic rings. The molecule has 0 aliphatic carbocycles. The molecule has 3 rings (SSSR count). The van der Waals surface area contributed by atoms with Gasteiger partial charge in [0.05, 0.1) is 18.4 Å². The van der Waals surface area contributed by atoms with Gasteiger partial charge in [-0.05, 0) is 43.2 Å². The Hall–Kier alpha value is -3.60. The average molecular weight is 389 g/mol. The number of aryl methyl sites for hydroxylation is 2. The lowest BCUT2D eigenvalue weighted by Gasteiger charge is -2.19. The van der Waals surface area contributed by atoms with E-state index < -0.39 is 18.0 Å². The summed E-state index contributed by atoms with van der Waals surface area (Å²) in [6.45, 7) is 3.74. The Bertz CT molecular complexity index is 1010. The summed E-state index contributed by atoms with van der Waals surface area (Å²) in [7, 11) is 1.53. The van der Waals surface area contributed by atoms with Gasteiger partial charge in [-0.2, -0.15) is 0 Å². The molecule has 3 aromatic rings. The second kappa shape index (κ2) is 9.06. The minimum Gasteiger partial charge on any atom is -0.495 e. The van der Waals surface area contributed by atoms with E-state index in [0.717, 1.165) is 11.1 Å². The van der Waals surface area contributed by atoms with Crippen molar-refractivity contribution in [2.24, 2.45) is 0 Å². The number of hydrogen-bond donors (Lipinski definition) is 1. The predicted octanol–water partition coefficient (Wildman–Crippen LogP) is 4.85. The molecular weight excluding hydrogens is 366 g/mol. The van der Waals surface area contributed by atoms with Gasteiger partial charge < -0.3 is 14.8 Å². The van der Waals surface area contributed by atoms with Crippen molar-refractivity contribution < 1.29 is 19.1 Å². The predicted molar refractivity (Wildman–Crippen MR) is 112 cm³/mol. The van der Waals surface area contributed by atoms with Crippen LogP contribution in [0.1, 0.15) is 33.2 Å². The van der Waals surface area contributed by atoms with Gasteiger partial charge in [0.15, 0.2) is 0 Å².